The fraction of sp³-hybridized carbons (Fsp3) is 0.500. The SMILES string of the molecule is CCCCOC(=O)C1=C(C)N=C2CCCC(=O)[C@@H]2[C@@H]1c1ccccc1C(F)(F)F. The molecule has 0 bridgehead atoms. The highest BCUT2D eigenvalue weighted by Gasteiger charge is 2.46. The summed E-state index contributed by atoms with van der Waals surface area (Å²) >= 11 is 0. The summed E-state index contributed by atoms with van der Waals surface area (Å²) in [7, 11) is 0. The lowest BCUT2D eigenvalue weighted by molar-refractivity contribution is -0.141. The molecular formula is C22H24F3NO3. The van der Waals surface area contributed by atoms with Crippen LogP contribution in [-0.4, -0.2) is 24.1 Å². The number of ketones is 1. The monoisotopic (exact) mass is 407 g/mol. The summed E-state index contributed by atoms with van der Waals surface area (Å²) in [6.07, 6.45) is -1.71. The molecule has 1 heterocycles. The van der Waals surface area contributed by atoms with E-state index in [1.54, 1.807) is 6.92 Å². The van der Waals surface area contributed by atoms with Crippen LogP contribution in [0.2, 0.25) is 0 Å². The summed E-state index contributed by atoms with van der Waals surface area (Å²) in [5, 5.41) is 0. The summed E-state index contributed by atoms with van der Waals surface area (Å²) < 4.78 is 46.6. The van der Waals surface area contributed by atoms with Gasteiger partial charge >= 0.3 is 12.1 Å². The molecule has 3 rings (SSSR count). The zero-order chi connectivity index (χ0) is 21.2. The number of benzene rings is 1. The van der Waals surface area contributed by atoms with E-state index in [1.807, 2.05) is 6.92 Å². The molecule has 1 aromatic rings. The van der Waals surface area contributed by atoms with E-state index in [0.717, 1.165) is 12.5 Å². The molecule has 1 saturated carbocycles. The van der Waals surface area contributed by atoms with E-state index in [4.69, 9.17) is 4.74 Å². The lowest BCUT2D eigenvalue weighted by atomic mass is 9.68. The topological polar surface area (TPSA) is 55.7 Å². The first-order valence-electron chi connectivity index (χ1n) is 9.89. The summed E-state index contributed by atoms with van der Waals surface area (Å²) in [4.78, 5) is 30.1. The Morgan fingerprint density at radius 1 is 1.21 bits per heavy atom. The first kappa shape index (κ1) is 21.3. The van der Waals surface area contributed by atoms with Crippen molar-refractivity contribution in [2.45, 2.75) is 58.0 Å². The molecule has 0 aromatic heterocycles. The maximum atomic E-state index is 13.8. The van der Waals surface area contributed by atoms with Crippen molar-refractivity contribution in [3.8, 4) is 0 Å². The predicted octanol–water partition coefficient (Wildman–Crippen LogP) is 5.23. The number of Topliss-reactive ketones (excluding diaryl/α,β-unsaturated/α-hetero) is 1. The predicted molar refractivity (Wildman–Crippen MR) is 103 cm³/mol. The van der Waals surface area contributed by atoms with Crippen LogP contribution in [0.5, 0.6) is 0 Å². The Morgan fingerprint density at radius 3 is 2.62 bits per heavy atom. The van der Waals surface area contributed by atoms with Gasteiger partial charge in [0, 0.05) is 23.7 Å². The number of esters is 1. The third-order valence-electron chi connectivity index (χ3n) is 5.46. The van der Waals surface area contributed by atoms with Gasteiger partial charge in [-0.25, -0.2) is 4.79 Å². The number of allylic oxidation sites excluding steroid dienone is 1. The number of unbranched alkanes of at least 4 members (excludes halogenated alkanes) is 1. The van der Waals surface area contributed by atoms with Crippen LogP contribution in [0.15, 0.2) is 40.5 Å². The number of carbonyl (C=O) groups excluding carboxylic acids is 2. The van der Waals surface area contributed by atoms with Gasteiger partial charge in [-0.3, -0.25) is 9.79 Å². The van der Waals surface area contributed by atoms with Gasteiger partial charge in [0.1, 0.15) is 5.78 Å². The van der Waals surface area contributed by atoms with Crippen LogP contribution in [0.1, 0.15) is 63.0 Å². The van der Waals surface area contributed by atoms with Crippen molar-refractivity contribution >= 4 is 17.5 Å². The molecule has 0 saturated heterocycles. The third-order valence-corrected chi connectivity index (χ3v) is 5.46. The number of hydrogen-bond donors (Lipinski definition) is 0. The molecule has 29 heavy (non-hydrogen) atoms. The Bertz CT molecular complexity index is 870. The minimum absolute atomic E-state index is 0.0572. The van der Waals surface area contributed by atoms with Gasteiger partial charge in [0.25, 0.3) is 0 Å². The van der Waals surface area contributed by atoms with Crippen molar-refractivity contribution in [3.05, 3.63) is 46.7 Å². The van der Waals surface area contributed by atoms with Crippen LogP contribution in [-0.2, 0) is 20.5 Å². The Morgan fingerprint density at radius 2 is 1.93 bits per heavy atom. The van der Waals surface area contributed by atoms with E-state index in [9.17, 15) is 22.8 Å². The van der Waals surface area contributed by atoms with Crippen LogP contribution < -0.4 is 0 Å². The highest BCUT2D eigenvalue weighted by Crippen LogP contribution is 2.46. The van der Waals surface area contributed by atoms with Crippen molar-refractivity contribution in [1.29, 1.82) is 0 Å². The van der Waals surface area contributed by atoms with E-state index in [0.29, 0.717) is 30.7 Å². The van der Waals surface area contributed by atoms with Gasteiger partial charge in [0.05, 0.1) is 23.7 Å². The maximum Gasteiger partial charge on any atom is 0.416 e. The largest absolute Gasteiger partial charge is 0.462 e. The Hall–Kier alpha value is -2.44. The fourth-order valence-corrected chi connectivity index (χ4v) is 4.13. The van der Waals surface area contributed by atoms with Crippen LogP contribution in [0.25, 0.3) is 0 Å². The quantitative estimate of drug-likeness (QED) is 0.496. The zero-order valence-electron chi connectivity index (χ0n) is 16.5. The van der Waals surface area contributed by atoms with Crippen molar-refractivity contribution in [3.63, 3.8) is 0 Å². The fourth-order valence-electron chi connectivity index (χ4n) is 4.13. The molecule has 156 valence electrons. The summed E-state index contributed by atoms with van der Waals surface area (Å²) in [6.45, 7) is 3.72. The Balaban J connectivity index is 2.15. The average Bonchev–Trinajstić information content (AvgIpc) is 2.66. The summed E-state index contributed by atoms with van der Waals surface area (Å²) in [6, 6.07) is 5.15. The Labute approximate surface area is 167 Å². The summed E-state index contributed by atoms with van der Waals surface area (Å²) in [5.41, 5.74) is 0.0350. The number of fused-ring (bicyclic) bond motifs is 1. The molecule has 1 aliphatic heterocycles. The highest BCUT2D eigenvalue weighted by atomic mass is 19.4. The van der Waals surface area contributed by atoms with Crippen LogP contribution in [0.4, 0.5) is 13.2 Å². The van der Waals surface area contributed by atoms with Gasteiger partial charge in [0.2, 0.25) is 0 Å². The molecular weight excluding hydrogens is 383 g/mol. The standard InChI is InChI=1S/C22H24F3NO3/c1-3-4-12-29-21(28)18-13(2)26-16-10-7-11-17(27)20(16)19(18)14-8-5-6-9-15(14)22(23,24)25/h5-6,8-9,19-20H,3-4,7,10-12H2,1-2H3/t19-,20-/m1/s1. The van der Waals surface area contributed by atoms with Gasteiger partial charge in [0.15, 0.2) is 0 Å². The van der Waals surface area contributed by atoms with Crippen LogP contribution in [0, 0.1) is 5.92 Å². The van der Waals surface area contributed by atoms with Crippen LogP contribution >= 0.6 is 0 Å². The number of hydrogen-bond acceptors (Lipinski definition) is 4. The van der Waals surface area contributed by atoms with Gasteiger partial charge in [-0.1, -0.05) is 31.5 Å². The van der Waals surface area contributed by atoms with Crippen molar-refractivity contribution in [1.82, 2.24) is 0 Å². The van der Waals surface area contributed by atoms with Gasteiger partial charge in [-0.2, -0.15) is 13.2 Å². The number of alkyl halides is 3. The first-order chi connectivity index (χ1) is 13.8. The molecule has 1 fully saturated rings. The summed E-state index contributed by atoms with van der Waals surface area (Å²) in [5.74, 6) is -2.77. The number of rotatable bonds is 5. The number of carbonyl (C=O) groups is 2. The molecule has 0 N–H and O–H groups in total. The number of nitrogens with zero attached hydrogens (tertiary/aromatic N) is 1. The Kier molecular flexibility index (Phi) is 6.24. The van der Waals surface area contributed by atoms with Crippen molar-refractivity contribution in [2.75, 3.05) is 6.61 Å². The highest BCUT2D eigenvalue weighted by molar-refractivity contribution is 6.11. The molecule has 4 nitrogen and oxygen atoms in total. The molecule has 0 spiro atoms. The zero-order valence-corrected chi connectivity index (χ0v) is 16.5. The average molecular weight is 407 g/mol. The second kappa shape index (κ2) is 8.51. The molecule has 0 amide bonds. The van der Waals surface area contributed by atoms with E-state index < -0.39 is 29.5 Å². The number of ether oxygens (including phenoxy) is 1. The van der Waals surface area contributed by atoms with E-state index in [2.05, 4.69) is 4.99 Å². The molecule has 0 unspecified atom stereocenters. The van der Waals surface area contributed by atoms with E-state index in [1.165, 1.54) is 18.2 Å². The van der Waals surface area contributed by atoms with Crippen molar-refractivity contribution in [2.24, 2.45) is 10.9 Å². The maximum absolute atomic E-state index is 13.8. The molecule has 0 radical (unpaired) electrons. The molecule has 1 aliphatic carbocycles. The third kappa shape index (κ3) is 4.28. The van der Waals surface area contributed by atoms with E-state index in [-0.39, 0.29) is 29.9 Å². The minimum atomic E-state index is -4.60. The lowest BCUT2D eigenvalue weighted by Gasteiger charge is -2.36. The van der Waals surface area contributed by atoms with Crippen LogP contribution in [0.3, 0.4) is 0 Å². The lowest BCUT2D eigenvalue weighted by Crippen LogP contribution is -2.39. The smallest absolute Gasteiger partial charge is 0.416 e. The molecule has 7 heteroatoms. The van der Waals surface area contributed by atoms with Gasteiger partial charge in [-0.15, -0.1) is 0 Å². The molecule has 2 aliphatic rings. The van der Waals surface area contributed by atoms with Gasteiger partial charge < -0.3 is 4.74 Å². The number of aliphatic imine (C=N–C) groups is 1. The number of halogens is 3. The second-order valence-electron chi connectivity index (χ2n) is 7.45. The minimum Gasteiger partial charge on any atom is -0.462 e. The van der Waals surface area contributed by atoms with Gasteiger partial charge in [-0.05, 0) is 37.8 Å². The first-order valence-corrected chi connectivity index (χ1v) is 9.89. The van der Waals surface area contributed by atoms with E-state index >= 15 is 0 Å². The molecule has 1 aromatic carbocycles. The van der Waals surface area contributed by atoms with Crippen molar-refractivity contribution < 1.29 is 27.5 Å². The second-order valence-corrected chi connectivity index (χ2v) is 7.45. The molecule has 2 atom stereocenters. The normalized spacial score (nSPS) is 22.2.